The van der Waals surface area contributed by atoms with E-state index in [2.05, 4.69) is 99.2 Å². The zero-order valence-electron chi connectivity index (χ0n) is 31.9. The van der Waals surface area contributed by atoms with Crippen molar-refractivity contribution >= 4 is 55.1 Å². The Hall–Kier alpha value is -8.65. The highest BCUT2D eigenvalue weighted by Gasteiger charge is 2.21. The van der Waals surface area contributed by atoms with Crippen molar-refractivity contribution < 1.29 is 4.42 Å². The first-order valence-corrected chi connectivity index (χ1v) is 19.5. The van der Waals surface area contributed by atoms with Crippen LogP contribution in [0.4, 0.5) is 11.4 Å². The number of rotatable bonds is 6. The molecule has 3 aromatic heterocycles. The number of benzene rings is 8. The lowest BCUT2D eigenvalue weighted by Gasteiger charge is -2.17. The summed E-state index contributed by atoms with van der Waals surface area (Å²) in [6.07, 6.45) is 0. The fraction of sp³-hybridized carbons (Fsp3) is 0. The molecule has 7 heteroatoms. The maximum atomic E-state index is 7.71. The molecule has 0 aliphatic rings. The SMILES string of the molecule is [C-]#[N+]c1cc([N+]#[C-])cc(-c2ccc3c4ccccc4n(-c4ccc(-c5ccc6c(c5)oc5ccccc56)cc4-c4nc(-c5ccccc5)nc(-c5ccccc5)n4)c3c2)c1. The van der Waals surface area contributed by atoms with Crippen molar-refractivity contribution in [2.75, 3.05) is 0 Å². The van der Waals surface area contributed by atoms with Gasteiger partial charge in [-0.25, -0.2) is 24.6 Å². The Morgan fingerprint density at radius 1 is 0.383 bits per heavy atom. The third kappa shape index (κ3) is 5.86. The summed E-state index contributed by atoms with van der Waals surface area (Å²) in [6.45, 7) is 15.4. The minimum absolute atomic E-state index is 0.427. The average Bonchev–Trinajstić information content (AvgIpc) is 3.86. The molecule has 0 aliphatic heterocycles. The molecule has 278 valence electrons. The Kier molecular flexibility index (Phi) is 8.11. The molecule has 0 atom stereocenters. The molecule has 8 aromatic carbocycles. The quantitative estimate of drug-likeness (QED) is 0.158. The summed E-state index contributed by atoms with van der Waals surface area (Å²) in [5, 5.41) is 4.30. The van der Waals surface area contributed by atoms with Gasteiger partial charge in [0.2, 0.25) is 0 Å². The molecule has 7 nitrogen and oxygen atoms in total. The fourth-order valence-electron chi connectivity index (χ4n) is 8.22. The Bertz CT molecular complexity index is 3480. The molecule has 11 rings (SSSR count). The molecular weight excluding hydrogens is 737 g/mol. The molecule has 0 saturated heterocycles. The third-order valence-electron chi connectivity index (χ3n) is 11.1. The van der Waals surface area contributed by atoms with Crippen LogP contribution in [0.3, 0.4) is 0 Å². The van der Waals surface area contributed by atoms with E-state index in [4.69, 9.17) is 32.5 Å². The number of aromatic nitrogens is 4. The van der Waals surface area contributed by atoms with E-state index in [9.17, 15) is 0 Å². The van der Waals surface area contributed by atoms with Crippen molar-refractivity contribution in [3.63, 3.8) is 0 Å². The second-order valence-corrected chi connectivity index (χ2v) is 14.6. The second-order valence-electron chi connectivity index (χ2n) is 14.6. The monoisotopic (exact) mass is 766 g/mol. The van der Waals surface area contributed by atoms with Crippen molar-refractivity contribution in [2.24, 2.45) is 0 Å². The first kappa shape index (κ1) is 34.6. The molecule has 0 fully saturated rings. The van der Waals surface area contributed by atoms with E-state index >= 15 is 0 Å². The maximum Gasteiger partial charge on any atom is 0.177 e. The summed E-state index contributed by atoms with van der Waals surface area (Å²) in [7, 11) is 0. The largest absolute Gasteiger partial charge is 0.456 e. The standard InChI is InChI=1S/C53H30N6O/c1-54-39-27-38(28-40(32-39)55-2)36-21-24-42-41-17-9-11-19-46(41)59(48(42)30-36)47-26-23-35(37-22-25-44-43-18-10-12-20-49(43)60-50(44)31-37)29-45(47)53-57-51(33-13-5-3-6-14-33)56-52(58-53)34-15-7-4-8-16-34/h3-32H. The van der Waals surface area contributed by atoms with Crippen LogP contribution in [0.1, 0.15) is 0 Å². The van der Waals surface area contributed by atoms with Crippen LogP contribution in [-0.2, 0) is 0 Å². The molecule has 0 N–H and O–H groups in total. The summed E-state index contributed by atoms with van der Waals surface area (Å²) in [6, 6.07) is 61.0. The van der Waals surface area contributed by atoms with Gasteiger partial charge in [-0.1, -0.05) is 140 Å². The van der Waals surface area contributed by atoms with E-state index in [1.807, 2.05) is 91.0 Å². The van der Waals surface area contributed by atoms with Crippen LogP contribution in [-0.4, -0.2) is 19.5 Å². The number of furan rings is 1. The van der Waals surface area contributed by atoms with Crippen LogP contribution in [0.2, 0.25) is 0 Å². The Morgan fingerprint density at radius 3 is 1.62 bits per heavy atom. The van der Waals surface area contributed by atoms with Gasteiger partial charge >= 0.3 is 0 Å². The van der Waals surface area contributed by atoms with Gasteiger partial charge in [-0.2, -0.15) is 0 Å². The van der Waals surface area contributed by atoms with Crippen LogP contribution in [0.25, 0.3) is 116 Å². The van der Waals surface area contributed by atoms with Gasteiger partial charge in [-0.05, 0) is 64.7 Å². The molecule has 0 unspecified atom stereocenters. The summed E-state index contributed by atoms with van der Waals surface area (Å²) < 4.78 is 8.62. The van der Waals surface area contributed by atoms with Gasteiger partial charge in [0, 0.05) is 38.2 Å². The predicted octanol–water partition coefficient (Wildman–Crippen LogP) is 14.3. The van der Waals surface area contributed by atoms with Gasteiger partial charge in [0.1, 0.15) is 11.2 Å². The minimum atomic E-state index is 0.427. The molecule has 11 aromatic rings. The van der Waals surface area contributed by atoms with Gasteiger partial charge in [0.05, 0.1) is 29.9 Å². The lowest BCUT2D eigenvalue weighted by molar-refractivity contribution is 0.669. The van der Waals surface area contributed by atoms with E-state index in [0.29, 0.717) is 28.8 Å². The highest BCUT2D eigenvalue weighted by Crippen LogP contribution is 2.41. The second kappa shape index (κ2) is 14.1. The van der Waals surface area contributed by atoms with E-state index in [1.165, 1.54) is 0 Å². The highest BCUT2D eigenvalue weighted by molar-refractivity contribution is 6.11. The lowest BCUT2D eigenvalue weighted by Crippen LogP contribution is -2.04. The normalized spacial score (nSPS) is 11.3. The molecular formula is C53H30N6O. The summed E-state index contributed by atoms with van der Waals surface area (Å²) >= 11 is 0. The van der Waals surface area contributed by atoms with Gasteiger partial charge in [-0.15, -0.1) is 0 Å². The number of hydrogen-bond donors (Lipinski definition) is 0. The predicted molar refractivity (Wildman–Crippen MR) is 241 cm³/mol. The molecule has 60 heavy (non-hydrogen) atoms. The van der Waals surface area contributed by atoms with Crippen molar-refractivity contribution in [3.05, 3.63) is 205 Å². The fourth-order valence-corrected chi connectivity index (χ4v) is 8.22. The first-order valence-electron chi connectivity index (χ1n) is 19.5. The number of para-hydroxylation sites is 2. The molecule has 0 radical (unpaired) electrons. The Labute approximate surface area is 344 Å². The van der Waals surface area contributed by atoms with Crippen molar-refractivity contribution in [2.45, 2.75) is 0 Å². The van der Waals surface area contributed by atoms with E-state index in [-0.39, 0.29) is 0 Å². The molecule has 0 spiro atoms. The number of hydrogen-bond acceptors (Lipinski definition) is 4. The van der Waals surface area contributed by atoms with Crippen molar-refractivity contribution in [1.82, 2.24) is 19.5 Å². The minimum Gasteiger partial charge on any atom is -0.456 e. The number of fused-ring (bicyclic) bond motifs is 6. The molecule has 0 bridgehead atoms. The van der Waals surface area contributed by atoms with Gasteiger partial charge in [0.15, 0.2) is 28.8 Å². The van der Waals surface area contributed by atoms with Gasteiger partial charge in [0.25, 0.3) is 0 Å². The van der Waals surface area contributed by atoms with Crippen LogP contribution in [0.15, 0.2) is 186 Å². The van der Waals surface area contributed by atoms with Crippen LogP contribution < -0.4 is 0 Å². The van der Waals surface area contributed by atoms with Crippen LogP contribution in [0, 0.1) is 13.1 Å². The van der Waals surface area contributed by atoms with Crippen LogP contribution >= 0.6 is 0 Å². The maximum absolute atomic E-state index is 7.71. The average molecular weight is 767 g/mol. The summed E-state index contributed by atoms with van der Waals surface area (Å²) in [5.41, 5.74) is 11.6. The summed E-state index contributed by atoms with van der Waals surface area (Å²) in [4.78, 5) is 22.8. The van der Waals surface area contributed by atoms with Crippen molar-refractivity contribution in [3.8, 4) is 62.1 Å². The number of nitrogens with zero attached hydrogens (tertiary/aromatic N) is 6. The highest BCUT2D eigenvalue weighted by atomic mass is 16.3. The van der Waals surface area contributed by atoms with E-state index in [0.717, 1.165) is 88.4 Å². The zero-order valence-corrected chi connectivity index (χ0v) is 31.9. The van der Waals surface area contributed by atoms with Crippen LogP contribution in [0.5, 0.6) is 0 Å². The van der Waals surface area contributed by atoms with Crippen molar-refractivity contribution in [1.29, 1.82) is 0 Å². The third-order valence-corrected chi connectivity index (χ3v) is 11.1. The smallest absolute Gasteiger partial charge is 0.177 e. The first-order chi connectivity index (χ1) is 29.6. The van der Waals surface area contributed by atoms with E-state index in [1.54, 1.807) is 6.07 Å². The van der Waals surface area contributed by atoms with E-state index < -0.39 is 0 Å². The molecule has 3 heterocycles. The topological polar surface area (TPSA) is 65.5 Å². The molecule has 0 aliphatic carbocycles. The zero-order chi connectivity index (χ0) is 40.2. The Morgan fingerprint density at radius 2 is 0.917 bits per heavy atom. The van der Waals surface area contributed by atoms with Gasteiger partial charge < -0.3 is 8.98 Å². The Balaban J connectivity index is 1.20. The molecule has 0 saturated carbocycles. The van der Waals surface area contributed by atoms with Gasteiger partial charge in [-0.3, -0.25) is 0 Å². The summed E-state index contributed by atoms with van der Waals surface area (Å²) in [5.74, 6) is 1.66. The lowest BCUT2D eigenvalue weighted by atomic mass is 9.99. The molecule has 0 amide bonds.